The molecule has 1 heterocycles. The summed E-state index contributed by atoms with van der Waals surface area (Å²) in [4.78, 5) is 29.1. The number of carbonyl (C=O) groups is 2. The predicted molar refractivity (Wildman–Crippen MR) is 84.1 cm³/mol. The number of nitrogens with one attached hydrogen (secondary N) is 1. The number of aliphatic carboxylic acids is 2. The van der Waals surface area contributed by atoms with Gasteiger partial charge < -0.3 is 30.5 Å². The summed E-state index contributed by atoms with van der Waals surface area (Å²) in [6.45, 7) is 0. The number of thioether (sulfide) groups is 1. The first-order valence-corrected chi connectivity index (χ1v) is 7.88. The number of carboxylic acid groups (broad SMARTS) is 2. The minimum absolute atomic E-state index is 0.0676. The molecule has 1 aromatic rings. The summed E-state index contributed by atoms with van der Waals surface area (Å²) in [5, 5.41) is 28.1. The summed E-state index contributed by atoms with van der Waals surface area (Å²) in [6.07, 6.45) is 0.616. The monoisotopic (exact) mass is 347 g/mol. The van der Waals surface area contributed by atoms with Gasteiger partial charge in [-0.05, 0) is 0 Å². The van der Waals surface area contributed by atoms with Crippen LogP contribution in [0.25, 0.3) is 0 Å². The molecule has 10 heteroatoms. The average Bonchev–Trinajstić information content (AvgIpc) is 2.87. The summed E-state index contributed by atoms with van der Waals surface area (Å²) in [6, 6.07) is -1.98. The van der Waals surface area contributed by atoms with Crippen molar-refractivity contribution in [3.8, 4) is 0 Å². The summed E-state index contributed by atoms with van der Waals surface area (Å²) >= 11 is 1.13. The summed E-state index contributed by atoms with van der Waals surface area (Å²) in [7, 11) is 5.40. The fraction of sp³-hybridized carbons (Fsp3) is 0.615. The minimum atomic E-state index is -1.36. The van der Waals surface area contributed by atoms with Gasteiger partial charge in [0.1, 0.15) is 6.04 Å². The first kappa shape index (κ1) is 19.4. The highest BCUT2D eigenvalue weighted by molar-refractivity contribution is 7.99. The Balaban J connectivity index is 2.64. The van der Waals surface area contributed by atoms with Crippen LogP contribution in [0.3, 0.4) is 0 Å². The molecule has 0 amide bonds. The molecule has 1 aromatic heterocycles. The molecule has 0 saturated heterocycles. The molecule has 3 atom stereocenters. The number of aromatic nitrogens is 2. The van der Waals surface area contributed by atoms with Gasteiger partial charge in [-0.1, -0.05) is 11.8 Å². The van der Waals surface area contributed by atoms with E-state index < -0.39 is 30.1 Å². The summed E-state index contributed by atoms with van der Waals surface area (Å²) in [5.41, 5.74) is 5.97. The van der Waals surface area contributed by atoms with Crippen molar-refractivity contribution in [1.29, 1.82) is 0 Å². The van der Waals surface area contributed by atoms with Gasteiger partial charge in [-0.15, -0.1) is 0 Å². The van der Waals surface area contributed by atoms with Crippen LogP contribution < -0.4 is 5.73 Å². The van der Waals surface area contributed by atoms with E-state index in [-0.39, 0.29) is 16.7 Å². The van der Waals surface area contributed by atoms with Crippen LogP contribution in [0, 0.1) is 0 Å². The second-order valence-electron chi connectivity index (χ2n) is 6.13. The maximum Gasteiger partial charge on any atom is 0.362 e. The van der Waals surface area contributed by atoms with Crippen molar-refractivity contribution in [2.45, 2.75) is 29.8 Å². The van der Waals surface area contributed by atoms with E-state index in [2.05, 4.69) is 9.97 Å². The molecule has 6 N–H and O–H groups in total. The third-order valence-electron chi connectivity index (χ3n) is 3.33. The SMILES string of the molecule is C[N+](C)(C)C(Cc1cnc(SCC(O)C(N)C(=O)O)[nH]1)C(=O)O. The third kappa shape index (κ3) is 5.82. The molecule has 3 unspecified atom stereocenters. The number of hydrogen-bond acceptors (Lipinski definition) is 6. The molecular weight excluding hydrogens is 324 g/mol. The Hall–Kier alpha value is -1.62. The van der Waals surface area contributed by atoms with E-state index in [0.717, 1.165) is 11.8 Å². The van der Waals surface area contributed by atoms with Crippen molar-refractivity contribution in [1.82, 2.24) is 9.97 Å². The number of H-pyrrole nitrogens is 1. The number of carboxylic acids is 2. The van der Waals surface area contributed by atoms with Gasteiger partial charge in [0.2, 0.25) is 0 Å². The zero-order valence-corrected chi connectivity index (χ0v) is 14.1. The zero-order valence-electron chi connectivity index (χ0n) is 13.3. The molecule has 0 spiro atoms. The fourth-order valence-electron chi connectivity index (χ4n) is 1.85. The van der Waals surface area contributed by atoms with Gasteiger partial charge in [0, 0.05) is 17.6 Å². The van der Waals surface area contributed by atoms with Gasteiger partial charge in [-0.2, -0.15) is 0 Å². The highest BCUT2D eigenvalue weighted by atomic mass is 32.2. The normalized spacial score (nSPS) is 15.9. The van der Waals surface area contributed by atoms with Crippen molar-refractivity contribution in [3.05, 3.63) is 11.9 Å². The van der Waals surface area contributed by atoms with E-state index in [1.54, 1.807) is 21.1 Å². The van der Waals surface area contributed by atoms with Crippen molar-refractivity contribution in [2.24, 2.45) is 5.73 Å². The maximum atomic E-state index is 11.4. The number of hydrogen-bond donors (Lipinski definition) is 5. The Morgan fingerprint density at radius 1 is 1.35 bits per heavy atom. The van der Waals surface area contributed by atoms with E-state index in [4.69, 9.17) is 10.8 Å². The molecule has 0 fully saturated rings. The maximum absolute atomic E-state index is 11.4. The Morgan fingerprint density at radius 2 is 1.96 bits per heavy atom. The number of aliphatic hydroxyl groups is 1. The van der Waals surface area contributed by atoms with Crippen molar-refractivity contribution < 1.29 is 29.4 Å². The lowest BCUT2D eigenvalue weighted by Crippen LogP contribution is -2.51. The number of nitrogens with zero attached hydrogens (tertiary/aromatic N) is 2. The topological polar surface area (TPSA) is 150 Å². The molecule has 23 heavy (non-hydrogen) atoms. The summed E-state index contributed by atoms with van der Waals surface area (Å²) in [5.74, 6) is -2.10. The van der Waals surface area contributed by atoms with Gasteiger partial charge >= 0.3 is 11.9 Å². The van der Waals surface area contributed by atoms with Gasteiger partial charge in [-0.3, -0.25) is 4.79 Å². The molecule has 0 aliphatic carbocycles. The standard InChI is InChI=1S/C13H22N4O5S/c1-17(2,3)8(11(19)20)4-7-5-15-13(16-7)23-6-9(18)10(14)12(21)22/h5,8-10,18H,4,6,14H2,1-3H3,(H2-,15,16,19,20,21,22)/p+1. The van der Waals surface area contributed by atoms with Crippen molar-refractivity contribution in [2.75, 3.05) is 26.9 Å². The van der Waals surface area contributed by atoms with Gasteiger partial charge in [-0.25, -0.2) is 9.78 Å². The molecule has 0 aliphatic heterocycles. The largest absolute Gasteiger partial charge is 0.480 e. The Kier molecular flexibility index (Phi) is 6.57. The van der Waals surface area contributed by atoms with Crippen molar-refractivity contribution >= 4 is 23.7 Å². The van der Waals surface area contributed by atoms with Crippen LogP contribution in [0.5, 0.6) is 0 Å². The molecule has 9 nitrogen and oxygen atoms in total. The number of nitrogens with two attached hydrogens (primary N) is 1. The molecule has 0 bridgehead atoms. The molecule has 0 saturated carbocycles. The van der Waals surface area contributed by atoms with Crippen LogP contribution in [0.1, 0.15) is 5.69 Å². The van der Waals surface area contributed by atoms with Crippen LogP contribution in [0.15, 0.2) is 11.4 Å². The Bertz CT molecular complexity index is 557. The van der Waals surface area contributed by atoms with Crippen LogP contribution >= 0.6 is 11.8 Å². The second-order valence-corrected chi connectivity index (χ2v) is 7.14. The molecule has 0 aromatic carbocycles. The van der Waals surface area contributed by atoms with Crippen LogP contribution in [-0.2, 0) is 16.0 Å². The lowest BCUT2D eigenvalue weighted by Gasteiger charge is -2.30. The first-order chi connectivity index (χ1) is 10.5. The Labute approximate surface area is 138 Å². The van der Waals surface area contributed by atoms with Gasteiger partial charge in [0.05, 0.1) is 33.7 Å². The highest BCUT2D eigenvalue weighted by Crippen LogP contribution is 2.18. The second kappa shape index (κ2) is 7.77. The zero-order chi connectivity index (χ0) is 17.8. The number of aromatic amines is 1. The van der Waals surface area contributed by atoms with Crippen LogP contribution in [0.2, 0.25) is 0 Å². The summed E-state index contributed by atoms with van der Waals surface area (Å²) < 4.78 is 0.267. The minimum Gasteiger partial charge on any atom is -0.480 e. The van der Waals surface area contributed by atoms with Crippen molar-refractivity contribution in [3.63, 3.8) is 0 Å². The highest BCUT2D eigenvalue weighted by Gasteiger charge is 2.32. The number of likely N-dealkylation sites (N-methyl/N-ethyl adjacent to an activating group) is 1. The molecule has 130 valence electrons. The molecule has 0 radical (unpaired) electrons. The Morgan fingerprint density at radius 3 is 2.43 bits per heavy atom. The molecule has 0 aliphatic rings. The van der Waals surface area contributed by atoms with E-state index >= 15 is 0 Å². The fourth-order valence-corrected chi connectivity index (χ4v) is 2.72. The first-order valence-electron chi connectivity index (χ1n) is 6.89. The number of quaternary nitrogens is 1. The van der Waals surface area contributed by atoms with E-state index in [1.807, 2.05) is 0 Å². The number of imidazole rings is 1. The third-order valence-corrected chi connectivity index (χ3v) is 4.32. The molecular formula is C13H23N4O5S+. The van der Waals surface area contributed by atoms with Crippen LogP contribution in [0.4, 0.5) is 0 Å². The van der Waals surface area contributed by atoms with Gasteiger partial charge in [0.25, 0.3) is 0 Å². The lowest BCUT2D eigenvalue weighted by atomic mass is 10.1. The average molecular weight is 347 g/mol. The lowest BCUT2D eigenvalue weighted by molar-refractivity contribution is -0.887. The smallest absolute Gasteiger partial charge is 0.362 e. The predicted octanol–water partition coefficient (Wildman–Crippen LogP) is -1.02. The van der Waals surface area contributed by atoms with E-state index in [9.17, 15) is 19.8 Å². The van der Waals surface area contributed by atoms with E-state index in [0.29, 0.717) is 10.9 Å². The number of rotatable bonds is 9. The van der Waals surface area contributed by atoms with Crippen LogP contribution in [-0.4, -0.2) is 86.8 Å². The number of aliphatic hydroxyl groups excluding tert-OH is 1. The van der Waals surface area contributed by atoms with Gasteiger partial charge in [0.15, 0.2) is 11.2 Å². The van der Waals surface area contributed by atoms with E-state index in [1.165, 1.54) is 6.20 Å². The quantitative estimate of drug-likeness (QED) is 0.281. The molecule has 1 rings (SSSR count).